The fourth-order valence-corrected chi connectivity index (χ4v) is 3.58. The van der Waals surface area contributed by atoms with Gasteiger partial charge in [0.15, 0.2) is 0 Å². The van der Waals surface area contributed by atoms with Crippen LogP contribution in [0.25, 0.3) is 0 Å². The minimum atomic E-state index is 0.353. The van der Waals surface area contributed by atoms with Crippen LogP contribution in [0.4, 0.5) is 0 Å². The molecular weight excluding hydrogens is 212 g/mol. The van der Waals surface area contributed by atoms with Gasteiger partial charge in [0, 0.05) is 26.4 Å². The summed E-state index contributed by atoms with van der Waals surface area (Å²) in [6.45, 7) is 13.6. The van der Waals surface area contributed by atoms with Gasteiger partial charge in [0.2, 0.25) is 0 Å². The van der Waals surface area contributed by atoms with Gasteiger partial charge in [-0.25, -0.2) is 0 Å². The molecule has 0 aromatic rings. The molecule has 0 spiro atoms. The van der Waals surface area contributed by atoms with Gasteiger partial charge in [0.1, 0.15) is 0 Å². The third-order valence-electron chi connectivity index (χ3n) is 5.85. The standard InChI is InChI=1S/C15H28O2/c1-14(2,12-5-8-16-9-6-12)15(3,4)13-7-10-17-11-13/h12-13H,5-11H2,1-4H3. The van der Waals surface area contributed by atoms with Crippen molar-refractivity contribution in [1.82, 2.24) is 0 Å². The maximum absolute atomic E-state index is 5.60. The predicted molar refractivity (Wildman–Crippen MR) is 70.0 cm³/mol. The van der Waals surface area contributed by atoms with Crippen molar-refractivity contribution in [1.29, 1.82) is 0 Å². The van der Waals surface area contributed by atoms with Crippen LogP contribution < -0.4 is 0 Å². The van der Waals surface area contributed by atoms with E-state index in [0.717, 1.165) is 38.3 Å². The van der Waals surface area contributed by atoms with Crippen LogP contribution >= 0.6 is 0 Å². The molecule has 2 saturated heterocycles. The van der Waals surface area contributed by atoms with E-state index in [2.05, 4.69) is 27.7 Å². The van der Waals surface area contributed by atoms with Crippen LogP contribution in [0.15, 0.2) is 0 Å². The summed E-state index contributed by atoms with van der Waals surface area (Å²) in [5, 5.41) is 0. The van der Waals surface area contributed by atoms with Crippen molar-refractivity contribution in [3.8, 4) is 0 Å². The Morgan fingerprint density at radius 3 is 1.71 bits per heavy atom. The van der Waals surface area contributed by atoms with Crippen LogP contribution in [0, 0.1) is 22.7 Å². The SMILES string of the molecule is CC(C)(C1CCOCC1)C(C)(C)C1CCOC1. The maximum Gasteiger partial charge on any atom is 0.0500 e. The molecule has 2 heterocycles. The van der Waals surface area contributed by atoms with Gasteiger partial charge in [-0.3, -0.25) is 0 Å². The average molecular weight is 240 g/mol. The molecule has 0 radical (unpaired) electrons. The second-order valence-electron chi connectivity index (χ2n) is 6.89. The average Bonchev–Trinajstić information content (AvgIpc) is 2.84. The van der Waals surface area contributed by atoms with E-state index in [0.29, 0.717) is 10.8 Å². The monoisotopic (exact) mass is 240 g/mol. The lowest BCUT2D eigenvalue weighted by Crippen LogP contribution is -2.46. The Kier molecular flexibility index (Phi) is 3.84. The molecule has 1 unspecified atom stereocenters. The van der Waals surface area contributed by atoms with Gasteiger partial charge >= 0.3 is 0 Å². The van der Waals surface area contributed by atoms with Gasteiger partial charge in [-0.15, -0.1) is 0 Å². The molecule has 0 aromatic heterocycles. The van der Waals surface area contributed by atoms with Crippen LogP contribution in [0.1, 0.15) is 47.0 Å². The molecule has 2 aliphatic heterocycles. The van der Waals surface area contributed by atoms with Crippen LogP contribution in [-0.2, 0) is 9.47 Å². The molecule has 100 valence electrons. The number of rotatable bonds is 3. The Morgan fingerprint density at radius 1 is 0.706 bits per heavy atom. The molecule has 0 bridgehead atoms. The number of ether oxygens (including phenoxy) is 2. The van der Waals surface area contributed by atoms with E-state index in [4.69, 9.17) is 9.47 Å². The van der Waals surface area contributed by atoms with Gasteiger partial charge in [-0.1, -0.05) is 27.7 Å². The first-order chi connectivity index (χ1) is 7.96. The Balaban J connectivity index is 2.10. The molecule has 0 N–H and O–H groups in total. The Morgan fingerprint density at radius 2 is 1.18 bits per heavy atom. The Labute approximate surface area is 106 Å². The third-order valence-corrected chi connectivity index (χ3v) is 5.85. The quantitative estimate of drug-likeness (QED) is 0.751. The minimum absolute atomic E-state index is 0.353. The van der Waals surface area contributed by atoms with E-state index in [-0.39, 0.29) is 0 Å². The van der Waals surface area contributed by atoms with E-state index in [9.17, 15) is 0 Å². The van der Waals surface area contributed by atoms with Crippen molar-refractivity contribution >= 4 is 0 Å². The molecule has 2 nitrogen and oxygen atoms in total. The normalized spacial score (nSPS) is 28.6. The highest BCUT2D eigenvalue weighted by Gasteiger charge is 2.48. The topological polar surface area (TPSA) is 18.5 Å². The highest BCUT2D eigenvalue weighted by molar-refractivity contribution is 4.96. The summed E-state index contributed by atoms with van der Waals surface area (Å²) in [6, 6.07) is 0. The summed E-state index contributed by atoms with van der Waals surface area (Å²) in [4.78, 5) is 0. The first kappa shape index (κ1) is 13.4. The molecule has 1 atom stereocenters. The molecular formula is C15H28O2. The molecule has 0 aromatic carbocycles. The molecule has 0 amide bonds. The lowest BCUT2D eigenvalue weighted by atomic mass is 9.54. The van der Waals surface area contributed by atoms with Gasteiger partial charge < -0.3 is 9.47 Å². The summed E-state index contributed by atoms with van der Waals surface area (Å²) in [5.74, 6) is 1.52. The van der Waals surface area contributed by atoms with Crippen LogP contribution in [-0.4, -0.2) is 26.4 Å². The molecule has 2 rings (SSSR count). The lowest BCUT2D eigenvalue weighted by molar-refractivity contribution is -0.0594. The molecule has 0 saturated carbocycles. The fourth-order valence-electron chi connectivity index (χ4n) is 3.58. The zero-order valence-corrected chi connectivity index (χ0v) is 11.9. The smallest absolute Gasteiger partial charge is 0.0500 e. The van der Waals surface area contributed by atoms with Gasteiger partial charge in [-0.2, -0.15) is 0 Å². The second kappa shape index (κ2) is 4.89. The zero-order chi connectivity index (χ0) is 12.5. The summed E-state index contributed by atoms with van der Waals surface area (Å²) in [5.41, 5.74) is 0.723. The van der Waals surface area contributed by atoms with Gasteiger partial charge in [-0.05, 0) is 41.9 Å². The Hall–Kier alpha value is -0.0800. The van der Waals surface area contributed by atoms with E-state index < -0.39 is 0 Å². The van der Waals surface area contributed by atoms with E-state index >= 15 is 0 Å². The first-order valence-electron chi connectivity index (χ1n) is 7.12. The van der Waals surface area contributed by atoms with Crippen molar-refractivity contribution in [3.05, 3.63) is 0 Å². The fraction of sp³-hybridized carbons (Fsp3) is 1.00. The largest absolute Gasteiger partial charge is 0.381 e. The maximum atomic E-state index is 5.60. The lowest BCUT2D eigenvalue weighted by Gasteiger charge is -2.51. The molecule has 2 heteroatoms. The zero-order valence-electron chi connectivity index (χ0n) is 11.9. The summed E-state index contributed by atoms with van der Waals surface area (Å²) in [6.07, 6.45) is 3.69. The van der Waals surface area contributed by atoms with Crippen LogP contribution in [0.5, 0.6) is 0 Å². The van der Waals surface area contributed by atoms with Crippen molar-refractivity contribution in [2.24, 2.45) is 22.7 Å². The molecule has 2 aliphatic rings. The van der Waals surface area contributed by atoms with Crippen molar-refractivity contribution in [2.75, 3.05) is 26.4 Å². The highest BCUT2D eigenvalue weighted by Crippen LogP contribution is 2.53. The predicted octanol–water partition coefficient (Wildman–Crippen LogP) is 3.50. The molecule has 2 fully saturated rings. The number of hydrogen-bond donors (Lipinski definition) is 0. The minimum Gasteiger partial charge on any atom is -0.381 e. The summed E-state index contributed by atoms with van der Waals surface area (Å²) >= 11 is 0. The van der Waals surface area contributed by atoms with E-state index in [1.807, 2.05) is 0 Å². The van der Waals surface area contributed by atoms with Gasteiger partial charge in [0.05, 0.1) is 0 Å². The van der Waals surface area contributed by atoms with Gasteiger partial charge in [0.25, 0.3) is 0 Å². The highest BCUT2D eigenvalue weighted by atomic mass is 16.5. The summed E-state index contributed by atoms with van der Waals surface area (Å²) in [7, 11) is 0. The van der Waals surface area contributed by atoms with Crippen LogP contribution in [0.2, 0.25) is 0 Å². The second-order valence-corrected chi connectivity index (χ2v) is 6.89. The third kappa shape index (κ3) is 2.39. The number of hydrogen-bond acceptors (Lipinski definition) is 2. The van der Waals surface area contributed by atoms with E-state index in [1.54, 1.807) is 0 Å². The van der Waals surface area contributed by atoms with E-state index in [1.165, 1.54) is 19.3 Å². The Bertz CT molecular complexity index is 246. The first-order valence-corrected chi connectivity index (χ1v) is 7.12. The van der Waals surface area contributed by atoms with Crippen molar-refractivity contribution < 1.29 is 9.47 Å². The molecule has 0 aliphatic carbocycles. The molecule has 17 heavy (non-hydrogen) atoms. The summed E-state index contributed by atoms with van der Waals surface area (Å²) < 4.78 is 11.1. The van der Waals surface area contributed by atoms with Crippen molar-refractivity contribution in [2.45, 2.75) is 47.0 Å². The van der Waals surface area contributed by atoms with Crippen LogP contribution in [0.3, 0.4) is 0 Å². The van der Waals surface area contributed by atoms with Crippen molar-refractivity contribution in [3.63, 3.8) is 0 Å².